The number of allylic oxidation sites excluding steroid dienone is 1. The molecule has 4 rings (SSSR count). The number of fused-ring (bicyclic) bond motifs is 4. The van der Waals surface area contributed by atoms with Crippen molar-refractivity contribution in [3.63, 3.8) is 0 Å². The number of unbranched alkanes of at least 4 members (excludes halogenated alkanes) is 1. The molecule has 4 aliphatic carbocycles. The first-order valence-corrected chi connectivity index (χ1v) is 14.5. The van der Waals surface area contributed by atoms with Crippen LogP contribution in [0, 0.1) is 39.4 Å². The Morgan fingerprint density at radius 2 is 1.81 bits per heavy atom. The van der Waals surface area contributed by atoms with E-state index in [2.05, 4.69) is 48.5 Å². The van der Waals surface area contributed by atoms with E-state index in [4.69, 9.17) is 4.74 Å². The van der Waals surface area contributed by atoms with Gasteiger partial charge in [0.15, 0.2) is 5.78 Å². The molecule has 36 heavy (non-hydrogen) atoms. The first-order chi connectivity index (χ1) is 16.7. The minimum atomic E-state index is -0.640. The van der Waals surface area contributed by atoms with Gasteiger partial charge in [0.25, 0.3) is 0 Å². The maximum absolute atomic E-state index is 14.1. The molecular formula is C31H50O5. The van der Waals surface area contributed by atoms with Gasteiger partial charge in [-0.05, 0) is 89.9 Å². The van der Waals surface area contributed by atoms with E-state index in [0.29, 0.717) is 44.1 Å². The summed E-state index contributed by atoms with van der Waals surface area (Å²) in [7, 11) is 0. The van der Waals surface area contributed by atoms with Crippen LogP contribution < -0.4 is 0 Å². The monoisotopic (exact) mass is 502 g/mol. The molecule has 5 nitrogen and oxygen atoms in total. The van der Waals surface area contributed by atoms with Crippen molar-refractivity contribution >= 4 is 11.8 Å². The second kappa shape index (κ2) is 9.52. The van der Waals surface area contributed by atoms with Gasteiger partial charge >= 0.3 is 5.97 Å². The van der Waals surface area contributed by atoms with Crippen LogP contribution in [0.25, 0.3) is 0 Å². The molecule has 5 heteroatoms. The number of ether oxygens (including phenoxy) is 1. The summed E-state index contributed by atoms with van der Waals surface area (Å²) in [6.07, 6.45) is 6.67. The van der Waals surface area contributed by atoms with Gasteiger partial charge in [0.1, 0.15) is 0 Å². The molecule has 2 saturated carbocycles. The number of hydrogen-bond donors (Lipinski definition) is 2. The number of aliphatic hydroxyl groups is 2. The average molecular weight is 503 g/mol. The van der Waals surface area contributed by atoms with Crippen LogP contribution in [0.3, 0.4) is 0 Å². The number of carbonyl (C=O) groups is 2. The smallest absolute Gasteiger partial charge is 0.305 e. The summed E-state index contributed by atoms with van der Waals surface area (Å²) in [4.78, 5) is 26.3. The standard InChI is InChI=1S/C31H50O5/c1-8-9-16-36-25(35)11-10-19(2)20-12-15-30(6)27-21(32)17-23-28(3,4)24(34)13-14-29(23,5)26(27)22(33)18-31(20,30)7/h19-21,23-24,32,34H,8-18H2,1-7H3/t19-,20-,21+,23+,24+,29+,30+,31-/m1/s1. The van der Waals surface area contributed by atoms with E-state index in [1.807, 2.05) is 0 Å². The molecule has 0 spiro atoms. The lowest BCUT2D eigenvalue weighted by atomic mass is 9.42. The quantitative estimate of drug-likeness (QED) is 0.329. The Hall–Kier alpha value is -1.20. The van der Waals surface area contributed by atoms with Crippen molar-refractivity contribution in [1.29, 1.82) is 0 Å². The molecule has 0 unspecified atom stereocenters. The molecule has 0 bridgehead atoms. The van der Waals surface area contributed by atoms with Crippen LogP contribution >= 0.6 is 0 Å². The zero-order valence-corrected chi connectivity index (χ0v) is 23.8. The molecule has 0 aromatic rings. The zero-order chi connectivity index (χ0) is 26.7. The molecule has 0 aromatic carbocycles. The van der Waals surface area contributed by atoms with Crippen LogP contribution in [-0.2, 0) is 14.3 Å². The second-order valence-corrected chi connectivity index (χ2v) is 14.0. The van der Waals surface area contributed by atoms with Crippen molar-refractivity contribution in [2.24, 2.45) is 39.4 Å². The van der Waals surface area contributed by atoms with E-state index < -0.39 is 12.2 Å². The molecule has 0 aliphatic heterocycles. The molecular weight excluding hydrogens is 452 g/mol. The van der Waals surface area contributed by atoms with Crippen molar-refractivity contribution in [3.8, 4) is 0 Å². The minimum Gasteiger partial charge on any atom is -0.466 e. The van der Waals surface area contributed by atoms with E-state index in [1.54, 1.807) is 0 Å². The van der Waals surface area contributed by atoms with Crippen molar-refractivity contribution in [1.82, 2.24) is 0 Å². The fourth-order valence-corrected chi connectivity index (χ4v) is 9.34. The third-order valence-corrected chi connectivity index (χ3v) is 11.8. The predicted octanol–water partition coefficient (Wildman–Crippen LogP) is 6.01. The Balaban J connectivity index is 1.63. The summed E-state index contributed by atoms with van der Waals surface area (Å²) in [6, 6.07) is 0. The van der Waals surface area contributed by atoms with Crippen LogP contribution in [0.15, 0.2) is 11.1 Å². The van der Waals surface area contributed by atoms with Crippen LogP contribution in [0.5, 0.6) is 0 Å². The summed E-state index contributed by atoms with van der Waals surface area (Å²) in [6.45, 7) is 15.8. The number of ketones is 1. The number of hydrogen-bond acceptors (Lipinski definition) is 5. The number of esters is 1. The zero-order valence-electron chi connectivity index (χ0n) is 23.8. The van der Waals surface area contributed by atoms with Gasteiger partial charge in [-0.2, -0.15) is 0 Å². The molecule has 0 amide bonds. The Morgan fingerprint density at radius 1 is 1.11 bits per heavy atom. The summed E-state index contributed by atoms with van der Waals surface area (Å²) >= 11 is 0. The van der Waals surface area contributed by atoms with Gasteiger partial charge < -0.3 is 14.9 Å². The van der Waals surface area contributed by atoms with Gasteiger partial charge in [-0.1, -0.05) is 54.9 Å². The summed E-state index contributed by atoms with van der Waals surface area (Å²) < 4.78 is 5.38. The maximum Gasteiger partial charge on any atom is 0.305 e. The molecule has 0 radical (unpaired) electrons. The Bertz CT molecular complexity index is 920. The van der Waals surface area contributed by atoms with Crippen molar-refractivity contribution in [3.05, 3.63) is 11.1 Å². The van der Waals surface area contributed by atoms with Crippen LogP contribution in [0.4, 0.5) is 0 Å². The fourth-order valence-electron chi connectivity index (χ4n) is 9.34. The highest BCUT2D eigenvalue weighted by atomic mass is 16.5. The maximum atomic E-state index is 14.1. The molecule has 8 atom stereocenters. The van der Waals surface area contributed by atoms with E-state index in [0.717, 1.165) is 49.7 Å². The highest BCUT2D eigenvalue weighted by molar-refractivity contribution is 6.00. The Morgan fingerprint density at radius 3 is 2.47 bits per heavy atom. The lowest BCUT2D eigenvalue weighted by Gasteiger charge is -2.62. The number of Topliss-reactive ketones (excluding diaryl/α,β-unsaturated/α-hetero) is 1. The third kappa shape index (κ3) is 4.02. The van der Waals surface area contributed by atoms with Gasteiger partial charge in [0, 0.05) is 18.4 Å². The van der Waals surface area contributed by atoms with E-state index in [9.17, 15) is 19.8 Å². The lowest BCUT2D eigenvalue weighted by Crippen LogP contribution is -2.59. The van der Waals surface area contributed by atoms with Crippen molar-refractivity contribution in [2.45, 2.75) is 125 Å². The summed E-state index contributed by atoms with van der Waals surface area (Å²) in [5, 5.41) is 22.5. The largest absolute Gasteiger partial charge is 0.466 e. The molecule has 2 N–H and O–H groups in total. The van der Waals surface area contributed by atoms with Gasteiger partial charge in [-0.15, -0.1) is 0 Å². The highest BCUT2D eigenvalue weighted by Gasteiger charge is 2.67. The first-order valence-electron chi connectivity index (χ1n) is 14.5. The van der Waals surface area contributed by atoms with E-state index >= 15 is 0 Å². The van der Waals surface area contributed by atoms with Gasteiger partial charge in [0.2, 0.25) is 0 Å². The number of rotatable bonds is 7. The third-order valence-electron chi connectivity index (χ3n) is 11.8. The normalized spacial score (nSPS) is 42.4. The molecule has 0 aromatic heterocycles. The van der Waals surface area contributed by atoms with E-state index in [1.165, 1.54) is 0 Å². The van der Waals surface area contributed by atoms with Crippen LogP contribution in [-0.4, -0.2) is 40.8 Å². The number of aliphatic hydroxyl groups excluding tert-OH is 2. The Labute approximate surface area is 218 Å². The SMILES string of the molecule is CCCCOC(=O)CC[C@@H](C)[C@H]1CC[C@@]2(C)C3=C(C(=O)C[C@]12C)[C@@]1(C)CC[C@H](O)C(C)(C)[C@@H]1C[C@@H]3O. The Kier molecular flexibility index (Phi) is 7.36. The molecule has 0 saturated heterocycles. The average Bonchev–Trinajstić information content (AvgIpc) is 3.07. The van der Waals surface area contributed by atoms with E-state index in [-0.39, 0.29) is 39.3 Å². The molecule has 0 heterocycles. The number of carbonyl (C=O) groups excluding carboxylic acids is 2. The first kappa shape index (κ1) is 27.8. The molecule has 2 fully saturated rings. The molecule has 4 aliphatic rings. The topological polar surface area (TPSA) is 83.8 Å². The predicted molar refractivity (Wildman–Crippen MR) is 141 cm³/mol. The summed E-state index contributed by atoms with van der Waals surface area (Å²) in [5.41, 5.74) is 0.810. The van der Waals surface area contributed by atoms with Crippen LogP contribution in [0.2, 0.25) is 0 Å². The second-order valence-electron chi connectivity index (χ2n) is 14.0. The minimum absolute atomic E-state index is 0.0780. The van der Waals surface area contributed by atoms with Gasteiger partial charge in [-0.3, -0.25) is 9.59 Å². The fraction of sp³-hybridized carbons (Fsp3) is 0.871. The highest BCUT2D eigenvalue weighted by Crippen LogP contribution is 2.71. The molecule has 204 valence electrons. The van der Waals surface area contributed by atoms with Crippen molar-refractivity contribution < 1.29 is 24.5 Å². The lowest BCUT2D eigenvalue weighted by molar-refractivity contribution is -0.144. The van der Waals surface area contributed by atoms with Gasteiger partial charge in [0.05, 0.1) is 18.8 Å². The summed E-state index contributed by atoms with van der Waals surface area (Å²) in [5.74, 6) is 0.801. The van der Waals surface area contributed by atoms with Crippen LogP contribution in [0.1, 0.15) is 113 Å². The van der Waals surface area contributed by atoms with Crippen molar-refractivity contribution in [2.75, 3.05) is 6.61 Å². The van der Waals surface area contributed by atoms with Gasteiger partial charge in [-0.25, -0.2) is 0 Å².